The maximum Gasteiger partial charge on any atom is 0.257 e. The molecule has 0 aliphatic heterocycles. The molecule has 0 spiro atoms. The van der Waals surface area contributed by atoms with Crippen LogP contribution in [0.3, 0.4) is 0 Å². The van der Waals surface area contributed by atoms with Gasteiger partial charge in [0.1, 0.15) is 17.5 Å². The van der Waals surface area contributed by atoms with Gasteiger partial charge in [0.05, 0.1) is 35.8 Å². The molecule has 0 amide bonds. The zero-order valence-corrected chi connectivity index (χ0v) is 15.1. The Kier molecular flexibility index (Phi) is 4.05. The normalized spacial score (nSPS) is 12.5. The highest BCUT2D eigenvalue weighted by Crippen LogP contribution is 2.24. The van der Waals surface area contributed by atoms with Crippen molar-refractivity contribution in [2.24, 2.45) is 0 Å². The first kappa shape index (κ1) is 17.1. The third-order valence-corrected chi connectivity index (χ3v) is 4.90. The van der Waals surface area contributed by atoms with Crippen molar-refractivity contribution < 1.29 is 5.11 Å². The van der Waals surface area contributed by atoms with E-state index in [1.807, 2.05) is 46.5 Å². The van der Waals surface area contributed by atoms with Gasteiger partial charge >= 0.3 is 0 Å². The van der Waals surface area contributed by atoms with E-state index in [-0.39, 0.29) is 12.1 Å². The van der Waals surface area contributed by atoms with E-state index in [1.54, 1.807) is 17.5 Å². The van der Waals surface area contributed by atoms with Crippen LogP contribution in [0.2, 0.25) is 0 Å². The molecule has 0 radical (unpaired) electrons. The number of nitrogens with zero attached hydrogens (tertiary/aromatic N) is 5. The number of hydrogen-bond acceptors (Lipinski definition) is 4. The molecule has 0 unspecified atom stereocenters. The van der Waals surface area contributed by atoms with Crippen LogP contribution < -0.4 is 5.56 Å². The van der Waals surface area contributed by atoms with Crippen LogP contribution in [0.15, 0.2) is 47.5 Å². The lowest BCUT2D eigenvalue weighted by molar-refractivity contribution is 0.136. The second kappa shape index (κ2) is 6.41. The standard InChI is InChI=1S/C20H19N5O2/c1-13-9-19(27)25-18-6-4-3-5-17(18)24(20(25)16(13)10-21)12-15(26)11-23-8-7-22-14(23)2/h3-9,15,26H,11-12H2,1-2H3/t15-/m0/s1. The quantitative estimate of drug-likeness (QED) is 0.602. The number of aliphatic hydroxyl groups is 1. The summed E-state index contributed by atoms with van der Waals surface area (Å²) in [5.41, 5.74) is 2.93. The van der Waals surface area contributed by atoms with Gasteiger partial charge in [-0.15, -0.1) is 0 Å². The molecule has 0 bridgehead atoms. The van der Waals surface area contributed by atoms with Gasteiger partial charge in [-0.05, 0) is 31.5 Å². The van der Waals surface area contributed by atoms with Crippen molar-refractivity contribution >= 4 is 16.7 Å². The molecule has 0 fully saturated rings. The molecule has 0 saturated carbocycles. The molecule has 1 atom stereocenters. The molecule has 4 rings (SSSR count). The number of aromatic nitrogens is 4. The van der Waals surface area contributed by atoms with Crippen molar-refractivity contribution in [2.75, 3.05) is 0 Å². The van der Waals surface area contributed by atoms with Crippen LogP contribution in [0, 0.1) is 25.2 Å². The van der Waals surface area contributed by atoms with Crippen LogP contribution in [0.25, 0.3) is 16.7 Å². The van der Waals surface area contributed by atoms with Gasteiger partial charge in [-0.3, -0.25) is 9.20 Å². The summed E-state index contributed by atoms with van der Waals surface area (Å²) >= 11 is 0. The molecular weight excluding hydrogens is 342 g/mol. The van der Waals surface area contributed by atoms with Crippen LogP contribution in [0.4, 0.5) is 0 Å². The van der Waals surface area contributed by atoms with E-state index < -0.39 is 6.10 Å². The van der Waals surface area contributed by atoms with Gasteiger partial charge in [0.2, 0.25) is 0 Å². The first-order valence-electron chi connectivity index (χ1n) is 8.70. The molecule has 7 nitrogen and oxygen atoms in total. The summed E-state index contributed by atoms with van der Waals surface area (Å²) in [6.45, 7) is 4.27. The molecule has 1 aromatic carbocycles. The summed E-state index contributed by atoms with van der Waals surface area (Å²) in [6.07, 6.45) is 2.80. The zero-order valence-electron chi connectivity index (χ0n) is 15.1. The molecule has 136 valence electrons. The molecule has 27 heavy (non-hydrogen) atoms. The monoisotopic (exact) mass is 361 g/mol. The lowest BCUT2D eigenvalue weighted by atomic mass is 10.1. The average molecular weight is 361 g/mol. The number of pyridine rings is 1. The fourth-order valence-electron chi connectivity index (χ4n) is 3.61. The smallest absolute Gasteiger partial charge is 0.257 e. The third-order valence-electron chi connectivity index (χ3n) is 4.90. The van der Waals surface area contributed by atoms with Crippen molar-refractivity contribution in [2.45, 2.75) is 33.0 Å². The van der Waals surface area contributed by atoms with Gasteiger partial charge in [0.25, 0.3) is 5.56 Å². The minimum atomic E-state index is -0.709. The molecule has 4 aromatic rings. The van der Waals surface area contributed by atoms with Crippen molar-refractivity contribution in [3.8, 4) is 6.07 Å². The number of aliphatic hydroxyl groups excluding tert-OH is 1. The number of para-hydroxylation sites is 2. The maximum absolute atomic E-state index is 12.6. The average Bonchev–Trinajstić information content (AvgIpc) is 3.18. The van der Waals surface area contributed by atoms with E-state index in [2.05, 4.69) is 11.1 Å². The summed E-state index contributed by atoms with van der Waals surface area (Å²) in [5, 5.41) is 20.4. The largest absolute Gasteiger partial charge is 0.389 e. The Bertz CT molecular complexity index is 1260. The Morgan fingerprint density at radius 3 is 2.63 bits per heavy atom. The van der Waals surface area contributed by atoms with Crippen LogP contribution in [0.1, 0.15) is 17.0 Å². The Balaban J connectivity index is 1.92. The maximum atomic E-state index is 12.6. The van der Waals surface area contributed by atoms with Crippen molar-refractivity contribution in [1.29, 1.82) is 5.26 Å². The van der Waals surface area contributed by atoms with Gasteiger partial charge in [-0.1, -0.05) is 12.1 Å². The van der Waals surface area contributed by atoms with Crippen LogP contribution in [0.5, 0.6) is 0 Å². The fraction of sp³-hybridized carbons (Fsp3) is 0.250. The third kappa shape index (κ3) is 2.71. The Labute approximate surface area is 155 Å². The Morgan fingerprint density at radius 2 is 1.96 bits per heavy atom. The SMILES string of the molecule is Cc1cc(=O)n2c3ccccc3n(C[C@@H](O)Cn3ccnc3C)c2c1C#N. The fourth-order valence-corrected chi connectivity index (χ4v) is 3.61. The highest BCUT2D eigenvalue weighted by atomic mass is 16.3. The number of hydrogen-bond donors (Lipinski definition) is 1. The van der Waals surface area contributed by atoms with Gasteiger partial charge in [-0.25, -0.2) is 4.98 Å². The highest BCUT2D eigenvalue weighted by Gasteiger charge is 2.19. The van der Waals surface area contributed by atoms with Crippen molar-refractivity contribution in [3.05, 3.63) is 70.0 Å². The summed E-state index contributed by atoms with van der Waals surface area (Å²) in [4.78, 5) is 16.8. The van der Waals surface area contributed by atoms with Gasteiger partial charge < -0.3 is 14.2 Å². The molecule has 0 saturated heterocycles. The van der Waals surface area contributed by atoms with E-state index in [9.17, 15) is 15.2 Å². The van der Waals surface area contributed by atoms with Gasteiger partial charge in [0.15, 0.2) is 0 Å². The van der Waals surface area contributed by atoms with Crippen molar-refractivity contribution in [1.82, 2.24) is 18.5 Å². The number of fused-ring (bicyclic) bond motifs is 3. The first-order valence-corrected chi connectivity index (χ1v) is 8.70. The Morgan fingerprint density at radius 1 is 1.22 bits per heavy atom. The van der Waals surface area contributed by atoms with Gasteiger partial charge in [-0.2, -0.15) is 5.26 Å². The predicted octanol–water partition coefficient (Wildman–Crippen LogP) is 2.00. The lowest BCUT2D eigenvalue weighted by Crippen LogP contribution is -2.23. The summed E-state index contributed by atoms with van der Waals surface area (Å²) < 4.78 is 5.29. The number of aryl methyl sites for hydroxylation is 2. The van der Waals surface area contributed by atoms with Crippen LogP contribution in [-0.2, 0) is 13.1 Å². The van der Waals surface area contributed by atoms with E-state index in [0.717, 1.165) is 16.9 Å². The lowest BCUT2D eigenvalue weighted by Gasteiger charge is -2.15. The summed E-state index contributed by atoms with van der Waals surface area (Å²) in [6, 6.07) is 11.2. The topological polar surface area (TPSA) is 88.2 Å². The predicted molar refractivity (Wildman–Crippen MR) is 102 cm³/mol. The highest BCUT2D eigenvalue weighted by molar-refractivity contribution is 5.84. The molecule has 0 aliphatic carbocycles. The number of imidazole rings is 2. The second-order valence-electron chi connectivity index (χ2n) is 6.69. The van der Waals surface area contributed by atoms with E-state index in [4.69, 9.17) is 0 Å². The number of nitriles is 1. The van der Waals surface area contributed by atoms with Crippen LogP contribution in [-0.4, -0.2) is 29.7 Å². The molecule has 1 N–H and O–H groups in total. The van der Waals surface area contributed by atoms with Gasteiger partial charge in [0, 0.05) is 18.5 Å². The number of benzene rings is 1. The van der Waals surface area contributed by atoms with E-state index in [0.29, 0.717) is 23.3 Å². The zero-order chi connectivity index (χ0) is 19.1. The molecular formula is C20H19N5O2. The minimum Gasteiger partial charge on any atom is -0.389 e. The van der Waals surface area contributed by atoms with Crippen LogP contribution >= 0.6 is 0 Å². The molecule has 3 heterocycles. The summed E-state index contributed by atoms with van der Waals surface area (Å²) in [5.74, 6) is 0.820. The van der Waals surface area contributed by atoms with E-state index in [1.165, 1.54) is 6.07 Å². The summed E-state index contributed by atoms with van der Waals surface area (Å²) in [7, 11) is 0. The van der Waals surface area contributed by atoms with Crippen molar-refractivity contribution in [3.63, 3.8) is 0 Å². The molecule has 3 aromatic heterocycles. The minimum absolute atomic E-state index is 0.184. The Hall–Kier alpha value is -3.37. The first-order chi connectivity index (χ1) is 13.0. The molecule has 0 aliphatic rings. The van der Waals surface area contributed by atoms with E-state index >= 15 is 0 Å². The second-order valence-corrected chi connectivity index (χ2v) is 6.69. The molecule has 7 heteroatoms. The number of rotatable bonds is 4.